The smallest absolute Gasteiger partial charge is 0.152 e. The van der Waals surface area contributed by atoms with Gasteiger partial charge in [-0.05, 0) is 12.0 Å². The second kappa shape index (κ2) is 4.59. The molecule has 4 heteroatoms. The first-order chi connectivity index (χ1) is 8.38. The molecule has 0 bridgehead atoms. The fourth-order valence-corrected chi connectivity index (χ4v) is 1.73. The molecule has 1 N–H and O–H groups in total. The molecule has 0 amide bonds. The molecule has 0 unspecified atom stereocenters. The standard InChI is InChI=1S/C14H22N4/c1-10(2)9-16-13-11-8-12(14(3,4)5)17-18(11)7-6-15-13/h6-8,10H,9H2,1-5H3,(H,15,16). The van der Waals surface area contributed by atoms with Crippen LogP contribution in [0.25, 0.3) is 5.52 Å². The van der Waals surface area contributed by atoms with Gasteiger partial charge in [-0.25, -0.2) is 9.50 Å². The first kappa shape index (κ1) is 12.9. The lowest BCUT2D eigenvalue weighted by Gasteiger charge is -2.13. The summed E-state index contributed by atoms with van der Waals surface area (Å²) in [6.45, 7) is 11.8. The second-order valence-electron chi connectivity index (χ2n) is 6.16. The van der Waals surface area contributed by atoms with Crippen molar-refractivity contribution in [2.75, 3.05) is 11.9 Å². The molecule has 2 aromatic rings. The van der Waals surface area contributed by atoms with Crippen LogP contribution in [0.1, 0.15) is 40.3 Å². The third kappa shape index (κ3) is 2.63. The molecule has 0 aliphatic rings. The van der Waals surface area contributed by atoms with E-state index in [0.717, 1.165) is 23.6 Å². The van der Waals surface area contributed by atoms with Gasteiger partial charge in [0.25, 0.3) is 0 Å². The third-order valence-corrected chi connectivity index (χ3v) is 2.84. The maximum absolute atomic E-state index is 4.61. The molecule has 0 aliphatic carbocycles. The van der Waals surface area contributed by atoms with Gasteiger partial charge in [0.2, 0.25) is 0 Å². The van der Waals surface area contributed by atoms with E-state index in [0.29, 0.717) is 5.92 Å². The molecule has 18 heavy (non-hydrogen) atoms. The van der Waals surface area contributed by atoms with Gasteiger partial charge in [0, 0.05) is 24.4 Å². The second-order valence-corrected chi connectivity index (χ2v) is 6.16. The minimum atomic E-state index is 0.0569. The predicted octanol–water partition coefficient (Wildman–Crippen LogP) is 3.09. The van der Waals surface area contributed by atoms with E-state index in [1.54, 1.807) is 6.20 Å². The van der Waals surface area contributed by atoms with Crippen LogP contribution in [0.4, 0.5) is 5.82 Å². The first-order valence-electron chi connectivity index (χ1n) is 6.46. The number of nitrogens with zero attached hydrogens (tertiary/aromatic N) is 3. The van der Waals surface area contributed by atoms with Crippen molar-refractivity contribution in [3.05, 3.63) is 24.2 Å². The van der Waals surface area contributed by atoms with E-state index < -0.39 is 0 Å². The van der Waals surface area contributed by atoms with Crippen molar-refractivity contribution in [2.45, 2.75) is 40.0 Å². The Morgan fingerprint density at radius 1 is 1.33 bits per heavy atom. The monoisotopic (exact) mass is 246 g/mol. The predicted molar refractivity (Wildman–Crippen MR) is 75.0 cm³/mol. The number of hydrogen-bond acceptors (Lipinski definition) is 3. The Bertz CT molecular complexity index is 534. The Balaban J connectivity index is 2.39. The van der Waals surface area contributed by atoms with Crippen molar-refractivity contribution in [3.63, 3.8) is 0 Å². The summed E-state index contributed by atoms with van der Waals surface area (Å²) in [5, 5.41) is 7.99. The van der Waals surface area contributed by atoms with Crippen LogP contribution in [0.3, 0.4) is 0 Å². The van der Waals surface area contributed by atoms with Crippen molar-refractivity contribution < 1.29 is 0 Å². The molecule has 2 rings (SSSR count). The van der Waals surface area contributed by atoms with Crippen molar-refractivity contribution in [1.29, 1.82) is 0 Å². The molecule has 98 valence electrons. The molecule has 0 aliphatic heterocycles. The average Bonchev–Trinajstić information content (AvgIpc) is 2.69. The van der Waals surface area contributed by atoms with E-state index in [1.807, 2.05) is 10.7 Å². The van der Waals surface area contributed by atoms with Crippen LogP contribution in [0.2, 0.25) is 0 Å². The molecule has 2 aromatic heterocycles. The fourth-order valence-electron chi connectivity index (χ4n) is 1.73. The number of nitrogens with one attached hydrogen (secondary N) is 1. The van der Waals surface area contributed by atoms with Crippen molar-refractivity contribution in [1.82, 2.24) is 14.6 Å². The van der Waals surface area contributed by atoms with Crippen LogP contribution in [-0.2, 0) is 5.41 Å². The summed E-state index contributed by atoms with van der Waals surface area (Å²) in [6.07, 6.45) is 3.68. The van der Waals surface area contributed by atoms with Gasteiger partial charge in [-0.15, -0.1) is 0 Å². The van der Waals surface area contributed by atoms with E-state index in [9.17, 15) is 0 Å². The highest BCUT2D eigenvalue weighted by Crippen LogP contribution is 2.24. The highest BCUT2D eigenvalue weighted by Gasteiger charge is 2.18. The number of aromatic nitrogens is 3. The average molecular weight is 246 g/mol. The lowest BCUT2D eigenvalue weighted by atomic mass is 9.92. The quantitative estimate of drug-likeness (QED) is 0.905. The molecule has 0 atom stereocenters. The first-order valence-corrected chi connectivity index (χ1v) is 6.46. The summed E-state index contributed by atoms with van der Waals surface area (Å²) in [6, 6.07) is 2.12. The topological polar surface area (TPSA) is 42.2 Å². The molecule has 0 spiro atoms. The van der Waals surface area contributed by atoms with Crippen LogP contribution >= 0.6 is 0 Å². The highest BCUT2D eigenvalue weighted by atomic mass is 15.2. The van der Waals surface area contributed by atoms with Crippen LogP contribution in [0.5, 0.6) is 0 Å². The summed E-state index contributed by atoms with van der Waals surface area (Å²) < 4.78 is 1.90. The van der Waals surface area contributed by atoms with Crippen LogP contribution in [-0.4, -0.2) is 21.1 Å². The minimum absolute atomic E-state index is 0.0569. The largest absolute Gasteiger partial charge is 0.368 e. The van der Waals surface area contributed by atoms with Crippen LogP contribution < -0.4 is 5.32 Å². The zero-order chi connectivity index (χ0) is 13.3. The molecule has 0 aromatic carbocycles. The van der Waals surface area contributed by atoms with E-state index >= 15 is 0 Å². The number of rotatable bonds is 3. The summed E-state index contributed by atoms with van der Waals surface area (Å²) in [7, 11) is 0. The van der Waals surface area contributed by atoms with Gasteiger partial charge in [0.1, 0.15) is 5.52 Å². The van der Waals surface area contributed by atoms with Gasteiger partial charge in [0.05, 0.1) is 5.69 Å². The third-order valence-electron chi connectivity index (χ3n) is 2.84. The van der Waals surface area contributed by atoms with Gasteiger partial charge in [-0.2, -0.15) is 5.10 Å². The lowest BCUT2D eigenvalue weighted by molar-refractivity contribution is 0.562. The van der Waals surface area contributed by atoms with Crippen LogP contribution in [0, 0.1) is 5.92 Å². The molecular weight excluding hydrogens is 224 g/mol. The van der Waals surface area contributed by atoms with Crippen molar-refractivity contribution in [3.8, 4) is 0 Å². The molecule has 0 fully saturated rings. The molecule has 0 radical (unpaired) electrons. The van der Waals surface area contributed by atoms with Gasteiger partial charge in [-0.3, -0.25) is 0 Å². The number of fused-ring (bicyclic) bond motifs is 1. The Morgan fingerprint density at radius 2 is 2.06 bits per heavy atom. The molecule has 2 heterocycles. The number of anilines is 1. The molecule has 4 nitrogen and oxygen atoms in total. The molecule has 0 saturated carbocycles. The lowest BCUT2D eigenvalue weighted by Crippen LogP contribution is -2.11. The van der Waals surface area contributed by atoms with E-state index in [1.165, 1.54) is 0 Å². The summed E-state index contributed by atoms with van der Waals surface area (Å²) in [4.78, 5) is 4.40. The normalized spacial score (nSPS) is 12.3. The summed E-state index contributed by atoms with van der Waals surface area (Å²) >= 11 is 0. The van der Waals surface area contributed by atoms with Gasteiger partial charge in [-0.1, -0.05) is 34.6 Å². The Hall–Kier alpha value is -1.58. The highest BCUT2D eigenvalue weighted by molar-refractivity contribution is 5.68. The molecule has 0 saturated heterocycles. The zero-order valence-corrected chi connectivity index (χ0v) is 11.9. The molecular formula is C14H22N4. The van der Waals surface area contributed by atoms with Crippen LogP contribution in [0.15, 0.2) is 18.5 Å². The Kier molecular flexibility index (Phi) is 3.28. The van der Waals surface area contributed by atoms with E-state index in [4.69, 9.17) is 0 Å². The maximum atomic E-state index is 4.61. The maximum Gasteiger partial charge on any atom is 0.152 e. The van der Waals surface area contributed by atoms with Gasteiger partial charge < -0.3 is 5.32 Å². The van der Waals surface area contributed by atoms with E-state index in [-0.39, 0.29) is 5.41 Å². The van der Waals surface area contributed by atoms with Crippen molar-refractivity contribution in [2.24, 2.45) is 5.92 Å². The zero-order valence-electron chi connectivity index (χ0n) is 11.9. The summed E-state index contributed by atoms with van der Waals surface area (Å²) in [5.41, 5.74) is 2.19. The van der Waals surface area contributed by atoms with E-state index in [2.05, 4.69) is 56.1 Å². The summed E-state index contributed by atoms with van der Waals surface area (Å²) in [5.74, 6) is 1.51. The van der Waals surface area contributed by atoms with Crippen molar-refractivity contribution >= 4 is 11.3 Å². The minimum Gasteiger partial charge on any atom is -0.368 e. The number of hydrogen-bond donors (Lipinski definition) is 1. The Morgan fingerprint density at radius 3 is 2.67 bits per heavy atom. The van der Waals surface area contributed by atoms with Gasteiger partial charge in [0.15, 0.2) is 5.82 Å². The van der Waals surface area contributed by atoms with Gasteiger partial charge >= 0.3 is 0 Å². The fraction of sp³-hybridized carbons (Fsp3) is 0.571. The SMILES string of the molecule is CC(C)CNc1nccn2nc(C(C)(C)C)cc12. The Labute approximate surface area is 108 Å².